The number of hydrogen-bond donors (Lipinski definition) is 2. The lowest BCUT2D eigenvalue weighted by Gasteiger charge is -2.23. The number of rotatable bonds is 4. The first-order valence-corrected chi connectivity index (χ1v) is 8.55. The second kappa shape index (κ2) is 6.12. The van der Waals surface area contributed by atoms with E-state index in [1.54, 1.807) is 13.8 Å². The summed E-state index contributed by atoms with van der Waals surface area (Å²) in [6.45, 7) is 6.96. The average molecular weight is 353 g/mol. The first kappa shape index (κ1) is 18.2. The van der Waals surface area contributed by atoms with Gasteiger partial charge in [-0.15, -0.1) is 0 Å². The maximum absolute atomic E-state index is 12.2. The molecule has 3 N–H and O–H groups in total. The van der Waals surface area contributed by atoms with E-state index >= 15 is 0 Å². The van der Waals surface area contributed by atoms with Crippen LogP contribution in [-0.4, -0.2) is 14.3 Å². The van der Waals surface area contributed by atoms with E-state index in [1.807, 2.05) is 6.92 Å². The van der Waals surface area contributed by atoms with Crippen molar-refractivity contribution in [1.82, 2.24) is 0 Å². The number of nitrogens with two attached hydrogens (primary N) is 1. The van der Waals surface area contributed by atoms with Gasteiger partial charge in [0.15, 0.2) is 0 Å². The number of amides is 1. The molecule has 0 spiro atoms. The van der Waals surface area contributed by atoms with Crippen LogP contribution < -0.4 is 10.5 Å². The van der Waals surface area contributed by atoms with Crippen LogP contribution in [0.25, 0.3) is 0 Å². The van der Waals surface area contributed by atoms with E-state index in [0.29, 0.717) is 6.42 Å². The zero-order valence-corrected chi connectivity index (χ0v) is 14.6. The fraction of sp³-hybridized carbons (Fsp3) is 0.462. The molecule has 1 aromatic carbocycles. The topological polar surface area (TPSA) is 89.3 Å². The molecule has 0 aliphatic heterocycles. The highest BCUT2D eigenvalue weighted by atomic mass is 35.5. The van der Waals surface area contributed by atoms with Crippen molar-refractivity contribution >= 4 is 44.8 Å². The fourth-order valence-electron chi connectivity index (χ4n) is 1.55. The Hall–Kier alpha value is -0.820. The van der Waals surface area contributed by atoms with E-state index in [0.717, 1.165) is 0 Å². The molecule has 0 saturated heterocycles. The first-order valence-electron chi connectivity index (χ1n) is 6.24. The first-order chi connectivity index (χ1) is 9.41. The van der Waals surface area contributed by atoms with Gasteiger partial charge in [-0.05, 0) is 25.0 Å². The van der Waals surface area contributed by atoms with E-state index in [2.05, 4.69) is 5.32 Å². The van der Waals surface area contributed by atoms with Gasteiger partial charge in [0.25, 0.3) is 0 Å². The molecule has 0 radical (unpaired) electrons. The minimum Gasteiger partial charge on any atom is -0.323 e. The predicted octanol–water partition coefficient (Wildman–Crippen LogP) is 3.32. The van der Waals surface area contributed by atoms with Gasteiger partial charge in [-0.2, -0.15) is 0 Å². The summed E-state index contributed by atoms with van der Waals surface area (Å²) >= 11 is 12.2. The zero-order valence-electron chi connectivity index (χ0n) is 12.3. The summed E-state index contributed by atoms with van der Waals surface area (Å²) in [5, 5.41) is 7.84. The summed E-state index contributed by atoms with van der Waals surface area (Å²) in [4.78, 5) is 12.0. The Bertz CT molecular complexity index is 685. The molecule has 21 heavy (non-hydrogen) atoms. The summed E-state index contributed by atoms with van der Waals surface area (Å²) in [5.41, 5.74) is -0.165. The van der Waals surface area contributed by atoms with Gasteiger partial charge in [0.2, 0.25) is 15.9 Å². The van der Waals surface area contributed by atoms with Gasteiger partial charge >= 0.3 is 0 Å². The van der Waals surface area contributed by atoms with Gasteiger partial charge in [-0.3, -0.25) is 4.79 Å². The average Bonchev–Trinajstić information content (AvgIpc) is 2.37. The van der Waals surface area contributed by atoms with Crippen LogP contribution in [0.15, 0.2) is 11.0 Å². The normalized spacial score (nSPS) is 12.3. The molecule has 0 aliphatic rings. The highest BCUT2D eigenvalue weighted by molar-refractivity contribution is 7.89. The predicted molar refractivity (Wildman–Crippen MR) is 85.3 cm³/mol. The largest absolute Gasteiger partial charge is 0.323 e. The summed E-state index contributed by atoms with van der Waals surface area (Å²) in [6, 6.07) is 1.19. The van der Waals surface area contributed by atoms with Crippen molar-refractivity contribution in [2.24, 2.45) is 10.6 Å². The Morgan fingerprint density at radius 3 is 2.33 bits per heavy atom. The van der Waals surface area contributed by atoms with E-state index in [9.17, 15) is 13.2 Å². The second-order valence-electron chi connectivity index (χ2n) is 5.41. The number of primary sulfonamides is 1. The molecule has 0 fully saturated rings. The molecule has 1 rings (SSSR count). The number of carbonyl (C=O) groups is 1. The Kier molecular flexibility index (Phi) is 5.31. The number of carbonyl (C=O) groups excluding carboxylic acids is 1. The highest BCUT2D eigenvalue weighted by Crippen LogP contribution is 2.38. The Balaban J connectivity index is 3.36. The van der Waals surface area contributed by atoms with Crippen molar-refractivity contribution in [2.75, 3.05) is 5.32 Å². The number of hydrogen-bond acceptors (Lipinski definition) is 3. The smallest absolute Gasteiger partial charge is 0.238 e. The molecule has 1 amide bonds. The molecule has 0 heterocycles. The molecule has 0 atom stereocenters. The third-order valence-electron chi connectivity index (χ3n) is 3.46. The van der Waals surface area contributed by atoms with Gasteiger partial charge in [-0.25, -0.2) is 13.6 Å². The number of halogens is 2. The Labute approximate surface area is 134 Å². The molecular weight excluding hydrogens is 335 g/mol. The highest BCUT2D eigenvalue weighted by Gasteiger charge is 2.28. The van der Waals surface area contributed by atoms with E-state index in [1.165, 1.54) is 13.0 Å². The van der Waals surface area contributed by atoms with Crippen LogP contribution in [-0.2, 0) is 14.8 Å². The SMILES string of the molecule is CCC(C)(C)C(=O)Nc1c(Cl)cc(S(N)(=O)=O)c(C)c1Cl. The molecule has 118 valence electrons. The Morgan fingerprint density at radius 1 is 1.38 bits per heavy atom. The summed E-state index contributed by atoms with van der Waals surface area (Å²) in [5.74, 6) is -0.253. The number of anilines is 1. The van der Waals surface area contributed by atoms with Crippen LogP contribution in [0.1, 0.15) is 32.8 Å². The quantitative estimate of drug-likeness (QED) is 0.870. The van der Waals surface area contributed by atoms with Crippen molar-refractivity contribution in [3.63, 3.8) is 0 Å². The number of nitrogens with one attached hydrogen (secondary N) is 1. The lowest BCUT2D eigenvalue weighted by atomic mass is 9.89. The minimum absolute atomic E-state index is 0.0230. The molecule has 0 aromatic heterocycles. The fourth-order valence-corrected chi connectivity index (χ4v) is 3.03. The summed E-state index contributed by atoms with van der Waals surface area (Å²) in [7, 11) is -3.94. The van der Waals surface area contributed by atoms with E-state index in [4.69, 9.17) is 28.3 Å². The van der Waals surface area contributed by atoms with Gasteiger partial charge in [0.05, 0.1) is 20.6 Å². The van der Waals surface area contributed by atoms with E-state index in [-0.39, 0.29) is 32.1 Å². The van der Waals surface area contributed by atoms with Crippen LogP contribution in [0.4, 0.5) is 5.69 Å². The molecule has 0 saturated carbocycles. The van der Waals surface area contributed by atoms with Crippen molar-refractivity contribution < 1.29 is 13.2 Å². The van der Waals surface area contributed by atoms with Crippen LogP contribution in [0.3, 0.4) is 0 Å². The molecule has 0 bridgehead atoms. The lowest BCUT2D eigenvalue weighted by Crippen LogP contribution is -2.30. The summed E-state index contributed by atoms with van der Waals surface area (Å²) in [6.07, 6.45) is 0.627. The van der Waals surface area contributed by atoms with Crippen LogP contribution in [0.5, 0.6) is 0 Å². The standard InChI is InChI=1S/C13H18Cl2N2O3S/c1-5-13(3,4)12(18)17-11-8(14)6-9(21(16,19)20)7(2)10(11)15/h6H,5H2,1-4H3,(H,17,18)(H2,16,19,20). The van der Waals surface area contributed by atoms with Gasteiger partial charge in [-0.1, -0.05) is 44.0 Å². The molecular formula is C13H18Cl2N2O3S. The number of benzene rings is 1. The zero-order chi connectivity index (χ0) is 16.6. The summed E-state index contributed by atoms with van der Waals surface area (Å²) < 4.78 is 22.9. The maximum Gasteiger partial charge on any atom is 0.238 e. The van der Waals surface area contributed by atoms with Crippen molar-refractivity contribution in [1.29, 1.82) is 0 Å². The lowest BCUT2D eigenvalue weighted by molar-refractivity contribution is -0.124. The molecule has 0 aliphatic carbocycles. The Morgan fingerprint density at radius 2 is 1.90 bits per heavy atom. The van der Waals surface area contributed by atoms with Gasteiger partial charge < -0.3 is 5.32 Å². The third-order valence-corrected chi connectivity index (χ3v) is 5.27. The van der Waals surface area contributed by atoms with Gasteiger partial charge in [0.1, 0.15) is 0 Å². The third kappa shape index (κ3) is 3.88. The van der Waals surface area contributed by atoms with Crippen LogP contribution in [0.2, 0.25) is 10.0 Å². The van der Waals surface area contributed by atoms with Crippen LogP contribution in [0, 0.1) is 12.3 Å². The van der Waals surface area contributed by atoms with Gasteiger partial charge in [0, 0.05) is 5.41 Å². The molecule has 5 nitrogen and oxygen atoms in total. The number of sulfonamides is 1. The second-order valence-corrected chi connectivity index (χ2v) is 7.72. The van der Waals surface area contributed by atoms with Crippen LogP contribution >= 0.6 is 23.2 Å². The monoisotopic (exact) mass is 352 g/mol. The van der Waals surface area contributed by atoms with Crippen molar-refractivity contribution in [3.8, 4) is 0 Å². The molecule has 0 unspecified atom stereocenters. The minimum atomic E-state index is -3.94. The van der Waals surface area contributed by atoms with E-state index < -0.39 is 15.4 Å². The maximum atomic E-state index is 12.2. The van der Waals surface area contributed by atoms with Crippen molar-refractivity contribution in [2.45, 2.75) is 39.0 Å². The molecule has 8 heteroatoms. The van der Waals surface area contributed by atoms with Crippen molar-refractivity contribution in [3.05, 3.63) is 21.7 Å². The molecule has 1 aromatic rings.